The molecule has 0 spiro atoms. The summed E-state index contributed by atoms with van der Waals surface area (Å²) in [6.07, 6.45) is 2.61. The van der Waals surface area contributed by atoms with Gasteiger partial charge in [0, 0.05) is 12.1 Å². The number of benzene rings is 3. The number of fused-ring (bicyclic) bond motifs is 1. The van der Waals surface area contributed by atoms with Gasteiger partial charge in [-0.2, -0.15) is 0 Å². The molecule has 1 aliphatic rings. The third-order valence-corrected chi connectivity index (χ3v) is 7.44. The predicted octanol–water partition coefficient (Wildman–Crippen LogP) is 3.98. The number of carbonyl (C=O) groups is 1. The molecule has 0 radical (unpaired) electrons. The summed E-state index contributed by atoms with van der Waals surface area (Å²) in [5.74, 6) is -0.484. The maximum atomic E-state index is 13.4. The second-order valence-corrected chi connectivity index (χ2v) is 9.68. The number of non-ortho nitro benzene ring substituents is 1. The highest BCUT2D eigenvalue weighted by Crippen LogP contribution is 2.30. The summed E-state index contributed by atoms with van der Waals surface area (Å²) in [4.78, 5) is 23.7. The summed E-state index contributed by atoms with van der Waals surface area (Å²) in [6.45, 7) is -0.503. The van der Waals surface area contributed by atoms with Crippen molar-refractivity contribution in [3.8, 4) is 0 Å². The molecular formula is C24H23N3O5S. The zero-order valence-corrected chi connectivity index (χ0v) is 18.6. The Bertz CT molecular complexity index is 1280. The van der Waals surface area contributed by atoms with Crippen LogP contribution in [0.25, 0.3) is 0 Å². The smallest absolute Gasteiger partial charge is 0.271 e. The van der Waals surface area contributed by atoms with Crippen LogP contribution in [0, 0.1) is 10.1 Å². The van der Waals surface area contributed by atoms with E-state index in [9.17, 15) is 23.3 Å². The first kappa shape index (κ1) is 22.5. The molecule has 0 aromatic heterocycles. The average molecular weight is 466 g/mol. The number of nitrogens with one attached hydrogen (secondary N) is 1. The minimum Gasteiger partial charge on any atom is -0.348 e. The zero-order valence-electron chi connectivity index (χ0n) is 17.8. The van der Waals surface area contributed by atoms with E-state index in [0.717, 1.165) is 35.2 Å². The van der Waals surface area contributed by atoms with Crippen molar-refractivity contribution < 1.29 is 18.1 Å². The number of rotatable bonds is 7. The lowest BCUT2D eigenvalue weighted by molar-refractivity contribution is -0.384. The first-order chi connectivity index (χ1) is 15.9. The fraction of sp³-hybridized carbons (Fsp3) is 0.208. The van der Waals surface area contributed by atoms with Crippen LogP contribution in [0.3, 0.4) is 0 Å². The predicted molar refractivity (Wildman–Crippen MR) is 124 cm³/mol. The maximum absolute atomic E-state index is 13.4. The van der Waals surface area contributed by atoms with Crippen LogP contribution in [0.15, 0.2) is 83.8 Å². The zero-order chi connectivity index (χ0) is 23.4. The highest BCUT2D eigenvalue weighted by atomic mass is 32.2. The Morgan fingerprint density at radius 2 is 1.76 bits per heavy atom. The van der Waals surface area contributed by atoms with Crippen molar-refractivity contribution >= 4 is 27.3 Å². The Labute approximate surface area is 192 Å². The molecule has 0 heterocycles. The number of nitro benzene ring substituents is 1. The van der Waals surface area contributed by atoms with E-state index < -0.39 is 27.4 Å². The molecule has 4 rings (SSSR count). The van der Waals surface area contributed by atoms with Gasteiger partial charge in [-0.05, 0) is 48.6 Å². The molecule has 1 aliphatic carbocycles. The van der Waals surface area contributed by atoms with Crippen molar-refractivity contribution in [3.63, 3.8) is 0 Å². The summed E-state index contributed by atoms with van der Waals surface area (Å²) in [5.41, 5.74) is 1.99. The van der Waals surface area contributed by atoms with Gasteiger partial charge in [-0.15, -0.1) is 0 Å². The van der Waals surface area contributed by atoms with E-state index in [-0.39, 0.29) is 22.3 Å². The number of hydrogen-bond donors (Lipinski definition) is 1. The monoisotopic (exact) mass is 465 g/mol. The number of nitrogens with zero attached hydrogens (tertiary/aromatic N) is 2. The summed E-state index contributed by atoms with van der Waals surface area (Å²) in [5, 5.41) is 14.2. The van der Waals surface area contributed by atoms with Crippen molar-refractivity contribution in [1.82, 2.24) is 5.32 Å². The van der Waals surface area contributed by atoms with Crippen LogP contribution in [-0.2, 0) is 21.2 Å². The van der Waals surface area contributed by atoms with E-state index in [1.54, 1.807) is 18.2 Å². The second kappa shape index (κ2) is 9.41. The van der Waals surface area contributed by atoms with Gasteiger partial charge in [-0.25, -0.2) is 8.42 Å². The first-order valence-electron chi connectivity index (χ1n) is 10.6. The summed E-state index contributed by atoms with van der Waals surface area (Å²) in [6, 6.07) is 20.6. The van der Waals surface area contributed by atoms with E-state index in [1.807, 2.05) is 24.3 Å². The molecule has 1 N–H and O–H groups in total. The first-order valence-corrected chi connectivity index (χ1v) is 12.0. The molecule has 3 aromatic rings. The molecule has 170 valence electrons. The van der Waals surface area contributed by atoms with Gasteiger partial charge in [0.15, 0.2) is 0 Å². The molecule has 33 heavy (non-hydrogen) atoms. The molecule has 0 saturated heterocycles. The Balaban J connectivity index is 1.65. The lowest BCUT2D eigenvalue weighted by Gasteiger charge is -2.28. The van der Waals surface area contributed by atoms with Gasteiger partial charge in [0.1, 0.15) is 6.54 Å². The largest absolute Gasteiger partial charge is 0.348 e. The average Bonchev–Trinajstić information content (AvgIpc) is 2.83. The molecule has 1 atom stereocenters. The van der Waals surface area contributed by atoms with Crippen molar-refractivity contribution in [1.29, 1.82) is 0 Å². The highest BCUT2D eigenvalue weighted by Gasteiger charge is 2.29. The molecule has 0 saturated carbocycles. The number of carbonyl (C=O) groups excluding carboxylic acids is 1. The van der Waals surface area contributed by atoms with Gasteiger partial charge in [0.2, 0.25) is 5.91 Å². The molecule has 1 amide bonds. The molecule has 0 unspecified atom stereocenters. The van der Waals surface area contributed by atoms with Crippen LogP contribution in [0.5, 0.6) is 0 Å². The molecule has 3 aromatic carbocycles. The molecule has 0 aliphatic heterocycles. The number of amides is 1. The Hall–Kier alpha value is -3.72. The number of sulfonamides is 1. The maximum Gasteiger partial charge on any atom is 0.271 e. The van der Waals surface area contributed by atoms with Gasteiger partial charge in [0.05, 0.1) is 21.5 Å². The minimum absolute atomic E-state index is 0.00711. The van der Waals surface area contributed by atoms with Crippen LogP contribution in [0.1, 0.15) is 30.0 Å². The van der Waals surface area contributed by atoms with Crippen LogP contribution >= 0.6 is 0 Å². The number of aryl methyl sites for hydroxylation is 1. The van der Waals surface area contributed by atoms with Crippen molar-refractivity contribution in [2.45, 2.75) is 30.2 Å². The van der Waals surface area contributed by atoms with Gasteiger partial charge in [0.25, 0.3) is 15.7 Å². The number of nitro groups is 1. The van der Waals surface area contributed by atoms with Crippen LogP contribution in [-0.4, -0.2) is 25.8 Å². The van der Waals surface area contributed by atoms with E-state index >= 15 is 0 Å². The summed E-state index contributed by atoms with van der Waals surface area (Å²) < 4.78 is 27.7. The third kappa shape index (κ3) is 4.88. The topological polar surface area (TPSA) is 110 Å². The van der Waals surface area contributed by atoms with E-state index in [4.69, 9.17) is 0 Å². The van der Waals surface area contributed by atoms with E-state index in [2.05, 4.69) is 5.32 Å². The van der Waals surface area contributed by atoms with Gasteiger partial charge >= 0.3 is 0 Å². The number of hydrogen-bond acceptors (Lipinski definition) is 5. The van der Waals surface area contributed by atoms with Crippen molar-refractivity contribution in [2.75, 3.05) is 10.8 Å². The van der Waals surface area contributed by atoms with Crippen molar-refractivity contribution in [3.05, 3.63) is 100 Å². The van der Waals surface area contributed by atoms with Gasteiger partial charge in [-0.3, -0.25) is 19.2 Å². The third-order valence-electron chi connectivity index (χ3n) is 5.65. The lowest BCUT2D eigenvalue weighted by atomic mass is 9.88. The lowest BCUT2D eigenvalue weighted by Crippen LogP contribution is -2.42. The van der Waals surface area contributed by atoms with E-state index in [0.29, 0.717) is 0 Å². The van der Waals surface area contributed by atoms with Crippen LogP contribution in [0.4, 0.5) is 11.4 Å². The van der Waals surface area contributed by atoms with Gasteiger partial charge in [-0.1, -0.05) is 48.5 Å². The van der Waals surface area contributed by atoms with Crippen LogP contribution < -0.4 is 9.62 Å². The standard InChI is InChI=1S/C24H23N3O5S/c28-24(25-23-15-6-9-18-8-4-5-14-22(18)23)17-26(19-10-7-11-20(16-19)27(29)30)33(31,32)21-12-2-1-3-13-21/h1-5,7-8,10-14,16,23H,6,9,15,17H2,(H,25,28)/t23-/m0/s1. The Morgan fingerprint density at radius 1 is 1.03 bits per heavy atom. The van der Waals surface area contributed by atoms with Crippen LogP contribution in [0.2, 0.25) is 0 Å². The fourth-order valence-corrected chi connectivity index (χ4v) is 5.50. The SMILES string of the molecule is O=C(CN(c1cccc([N+](=O)[O-])c1)S(=O)(=O)c1ccccc1)N[C@H]1CCCc2ccccc21. The molecule has 8 nitrogen and oxygen atoms in total. The second-order valence-electron chi connectivity index (χ2n) is 7.81. The molecular weight excluding hydrogens is 442 g/mol. The van der Waals surface area contributed by atoms with Crippen molar-refractivity contribution in [2.24, 2.45) is 0 Å². The summed E-state index contributed by atoms with van der Waals surface area (Å²) >= 11 is 0. The highest BCUT2D eigenvalue weighted by molar-refractivity contribution is 7.92. The fourth-order valence-electron chi connectivity index (χ4n) is 4.07. The normalized spacial score (nSPS) is 15.3. The summed E-state index contributed by atoms with van der Waals surface area (Å²) in [7, 11) is -4.14. The van der Waals surface area contributed by atoms with Gasteiger partial charge < -0.3 is 5.32 Å². The quantitative estimate of drug-likeness (QED) is 0.419. The molecule has 9 heteroatoms. The minimum atomic E-state index is -4.14. The Kier molecular flexibility index (Phi) is 6.41. The molecule has 0 bridgehead atoms. The Morgan fingerprint density at radius 3 is 2.52 bits per heavy atom. The molecule has 0 fully saturated rings. The van der Waals surface area contributed by atoms with E-state index in [1.165, 1.54) is 35.9 Å². The number of anilines is 1.